The van der Waals surface area contributed by atoms with Gasteiger partial charge in [-0.25, -0.2) is 0 Å². The van der Waals surface area contributed by atoms with Crippen molar-refractivity contribution in [2.75, 3.05) is 0 Å². The van der Waals surface area contributed by atoms with Gasteiger partial charge in [0.05, 0.1) is 22.1 Å². The van der Waals surface area contributed by atoms with Gasteiger partial charge >= 0.3 is 17.1 Å². The summed E-state index contributed by atoms with van der Waals surface area (Å²) in [5, 5.41) is 4.22. The van der Waals surface area contributed by atoms with Crippen LogP contribution in [0.15, 0.2) is 97.6 Å². The Hall–Kier alpha value is -2.82. The SMILES string of the molecule is [Cl-].[Cl-].[Cu+2].c1cc2cccc3nccnc4cccc5cccc(nccnc(c1)c23)c54. The van der Waals surface area contributed by atoms with Gasteiger partial charge in [0.25, 0.3) is 0 Å². The van der Waals surface area contributed by atoms with Crippen molar-refractivity contribution >= 4 is 43.6 Å². The van der Waals surface area contributed by atoms with E-state index in [9.17, 15) is 0 Å². The molecule has 1 radical (unpaired) electrons. The quantitative estimate of drug-likeness (QED) is 0.274. The molecule has 7 heteroatoms. The van der Waals surface area contributed by atoms with Crippen molar-refractivity contribution in [2.24, 2.45) is 0 Å². The Balaban J connectivity index is 0.00000114. The third kappa shape index (κ3) is 4.92. The van der Waals surface area contributed by atoms with E-state index in [1.165, 1.54) is 0 Å². The van der Waals surface area contributed by atoms with E-state index >= 15 is 0 Å². The molecule has 157 valence electrons. The van der Waals surface area contributed by atoms with Crippen LogP contribution in [0.1, 0.15) is 0 Å². The third-order valence-electron chi connectivity index (χ3n) is 4.71. The fourth-order valence-electron chi connectivity index (χ4n) is 3.49. The number of aromatic nitrogens is 4. The monoisotopic (exact) mass is 493 g/mol. The molecule has 0 bridgehead atoms. The predicted molar refractivity (Wildman–Crippen MR) is 114 cm³/mol. The maximum absolute atomic E-state index is 4.63. The Morgan fingerprint density at radius 3 is 0.903 bits per heavy atom. The van der Waals surface area contributed by atoms with E-state index in [4.69, 9.17) is 0 Å². The average molecular weight is 495 g/mol. The topological polar surface area (TPSA) is 51.6 Å². The van der Waals surface area contributed by atoms with Gasteiger partial charge in [-0.15, -0.1) is 0 Å². The van der Waals surface area contributed by atoms with E-state index in [1.54, 1.807) is 24.8 Å². The van der Waals surface area contributed by atoms with Crippen LogP contribution >= 0.6 is 0 Å². The molecule has 0 spiro atoms. The minimum Gasteiger partial charge on any atom is -1.00 e. The van der Waals surface area contributed by atoms with Gasteiger partial charge in [-0.3, -0.25) is 19.9 Å². The second kappa shape index (κ2) is 11.0. The zero-order chi connectivity index (χ0) is 18.8. The molecular weight excluding hydrogens is 479 g/mol. The third-order valence-corrected chi connectivity index (χ3v) is 4.71. The smallest absolute Gasteiger partial charge is 1.00 e. The van der Waals surface area contributed by atoms with E-state index in [0.29, 0.717) is 0 Å². The molecule has 5 aromatic rings. The molecule has 4 aromatic carbocycles. The van der Waals surface area contributed by atoms with Crippen LogP contribution in [-0.4, -0.2) is 19.9 Å². The Morgan fingerprint density at radius 1 is 0.387 bits per heavy atom. The van der Waals surface area contributed by atoms with Crippen LogP contribution < -0.4 is 24.8 Å². The van der Waals surface area contributed by atoms with Gasteiger partial charge in [-0.1, -0.05) is 48.5 Å². The summed E-state index contributed by atoms with van der Waals surface area (Å²) < 4.78 is 0. The van der Waals surface area contributed by atoms with Crippen molar-refractivity contribution in [2.45, 2.75) is 0 Å². The van der Waals surface area contributed by atoms with Gasteiger partial charge in [0.1, 0.15) is 0 Å². The molecular formula is C24H16Cl2CuN4. The van der Waals surface area contributed by atoms with E-state index in [2.05, 4.69) is 44.2 Å². The number of halogens is 2. The molecule has 0 amide bonds. The van der Waals surface area contributed by atoms with E-state index < -0.39 is 0 Å². The fourth-order valence-corrected chi connectivity index (χ4v) is 3.49. The Bertz CT molecular complexity index is 1230. The molecule has 0 fully saturated rings. The molecule has 0 N–H and O–H groups in total. The molecule has 1 heterocycles. The summed E-state index contributed by atoms with van der Waals surface area (Å²) in [4.78, 5) is 18.5. The van der Waals surface area contributed by atoms with E-state index in [0.717, 1.165) is 43.6 Å². The molecule has 0 aliphatic rings. The molecule has 4 nitrogen and oxygen atoms in total. The molecule has 0 aliphatic heterocycles. The van der Waals surface area contributed by atoms with Gasteiger partial charge in [0.2, 0.25) is 0 Å². The standard InChI is InChI=1S/C24H16N4.2ClH.Cu/c1-5-17-6-2-10-20-23(17)19(9-1)25-13-14-27-21-11-3-7-18-8-4-12-22(24(18)21)28-16-15-26-20;;;/h1-16H;2*1H;/q;;;+2/p-2. The van der Waals surface area contributed by atoms with E-state index in [-0.39, 0.29) is 41.9 Å². The van der Waals surface area contributed by atoms with Crippen molar-refractivity contribution in [3.8, 4) is 0 Å². The van der Waals surface area contributed by atoms with Crippen molar-refractivity contribution in [1.29, 1.82) is 0 Å². The summed E-state index contributed by atoms with van der Waals surface area (Å²) in [5.41, 5.74) is 3.46. The minimum absolute atomic E-state index is 0. The van der Waals surface area contributed by atoms with Crippen LogP contribution in [0.5, 0.6) is 0 Å². The minimum atomic E-state index is 0. The zero-order valence-electron chi connectivity index (χ0n) is 16.1. The first-order valence-electron chi connectivity index (χ1n) is 9.07. The summed E-state index contributed by atoms with van der Waals surface area (Å²) in [6.45, 7) is 0. The van der Waals surface area contributed by atoms with Crippen molar-refractivity contribution < 1.29 is 41.9 Å². The van der Waals surface area contributed by atoms with Crippen LogP contribution in [0.2, 0.25) is 0 Å². The Labute approximate surface area is 202 Å². The molecule has 0 atom stereocenters. The zero-order valence-corrected chi connectivity index (χ0v) is 18.5. The fraction of sp³-hybridized carbons (Fsp3) is 0. The predicted octanol–water partition coefficient (Wildman–Crippen LogP) is -0.428. The molecule has 0 aliphatic carbocycles. The molecule has 0 unspecified atom stereocenters. The number of benzene rings is 4. The second-order valence-electron chi connectivity index (χ2n) is 6.42. The van der Waals surface area contributed by atoms with Crippen LogP contribution in [-0.2, 0) is 17.1 Å². The van der Waals surface area contributed by atoms with Crippen LogP contribution in [0.3, 0.4) is 0 Å². The van der Waals surface area contributed by atoms with Crippen LogP contribution in [0, 0.1) is 0 Å². The van der Waals surface area contributed by atoms with Gasteiger partial charge in [-0.05, 0) is 35.0 Å². The summed E-state index contributed by atoms with van der Waals surface area (Å²) in [6.07, 6.45) is 6.91. The van der Waals surface area contributed by atoms with Gasteiger partial charge in [-0.2, -0.15) is 0 Å². The van der Waals surface area contributed by atoms with Crippen molar-refractivity contribution in [1.82, 2.24) is 19.9 Å². The molecule has 0 saturated heterocycles. The normalized spacial score (nSPS) is 9.81. The first kappa shape index (κ1) is 24.4. The summed E-state index contributed by atoms with van der Waals surface area (Å²) in [7, 11) is 0. The Morgan fingerprint density at radius 2 is 0.645 bits per heavy atom. The van der Waals surface area contributed by atoms with Crippen LogP contribution in [0.25, 0.3) is 43.6 Å². The number of hydrogen-bond donors (Lipinski definition) is 0. The van der Waals surface area contributed by atoms with Gasteiger partial charge in [0.15, 0.2) is 0 Å². The maximum atomic E-state index is 4.63. The Kier molecular flexibility index (Phi) is 8.66. The van der Waals surface area contributed by atoms with Crippen molar-refractivity contribution in [3.05, 3.63) is 97.6 Å². The van der Waals surface area contributed by atoms with Gasteiger partial charge < -0.3 is 24.8 Å². The summed E-state index contributed by atoms with van der Waals surface area (Å²) in [5.74, 6) is 0. The van der Waals surface area contributed by atoms with E-state index in [1.807, 2.05) is 48.5 Å². The van der Waals surface area contributed by atoms with Crippen LogP contribution in [0.4, 0.5) is 0 Å². The molecule has 1 aromatic heterocycles. The largest absolute Gasteiger partial charge is 2.00 e. The second-order valence-corrected chi connectivity index (χ2v) is 6.42. The number of nitrogens with zero attached hydrogens (tertiary/aromatic N) is 4. The first-order chi connectivity index (χ1) is 13.9. The number of hydrogen-bond acceptors (Lipinski definition) is 4. The first-order valence-corrected chi connectivity index (χ1v) is 9.07. The van der Waals surface area contributed by atoms with Crippen molar-refractivity contribution in [3.63, 3.8) is 0 Å². The average Bonchev–Trinajstić information content (AvgIpc) is 2.74. The molecule has 5 rings (SSSR count). The maximum Gasteiger partial charge on any atom is 2.00 e. The molecule has 31 heavy (non-hydrogen) atoms. The molecule has 0 saturated carbocycles. The summed E-state index contributed by atoms with van der Waals surface area (Å²) >= 11 is 0. The summed E-state index contributed by atoms with van der Waals surface area (Å²) in [6, 6.07) is 24.2. The number of rotatable bonds is 0. The van der Waals surface area contributed by atoms with Gasteiger partial charge in [0, 0.05) is 35.6 Å².